The zero-order valence-corrected chi connectivity index (χ0v) is 14.4. The number of carbonyl (C=O) groups excluding carboxylic acids is 1. The fourth-order valence-electron chi connectivity index (χ4n) is 2.29. The maximum absolute atomic E-state index is 12.3. The van der Waals surface area contributed by atoms with Gasteiger partial charge >= 0.3 is 0 Å². The average Bonchev–Trinajstić information content (AvgIpc) is 2.96. The van der Waals surface area contributed by atoms with E-state index in [1.54, 1.807) is 11.3 Å². The standard InChI is InChI=1S/C19H18N2O2S/c1-13-8-9-18(23-16-6-4-3-5-7-16)17(10-13)21-19(22)11-15-12-24-14(2)20-15/h3-10,12H,11H2,1-2H3,(H,21,22). The van der Waals surface area contributed by atoms with Gasteiger partial charge in [0.15, 0.2) is 5.75 Å². The highest BCUT2D eigenvalue weighted by Crippen LogP contribution is 2.30. The molecule has 24 heavy (non-hydrogen) atoms. The van der Waals surface area contributed by atoms with Gasteiger partial charge < -0.3 is 10.1 Å². The lowest BCUT2D eigenvalue weighted by Crippen LogP contribution is -2.15. The molecular weight excluding hydrogens is 320 g/mol. The molecule has 2 aromatic carbocycles. The van der Waals surface area contributed by atoms with Crippen molar-refractivity contribution in [1.82, 2.24) is 4.98 Å². The average molecular weight is 338 g/mol. The van der Waals surface area contributed by atoms with Crippen molar-refractivity contribution in [2.24, 2.45) is 0 Å². The van der Waals surface area contributed by atoms with Crippen molar-refractivity contribution in [3.05, 3.63) is 70.2 Å². The van der Waals surface area contributed by atoms with Gasteiger partial charge in [0.25, 0.3) is 0 Å². The van der Waals surface area contributed by atoms with E-state index in [1.807, 2.05) is 67.8 Å². The second-order valence-electron chi connectivity index (χ2n) is 5.50. The molecule has 1 N–H and O–H groups in total. The molecule has 1 amide bonds. The quantitative estimate of drug-likeness (QED) is 0.731. The van der Waals surface area contributed by atoms with Crippen LogP contribution in [-0.2, 0) is 11.2 Å². The summed E-state index contributed by atoms with van der Waals surface area (Å²) in [6.45, 7) is 3.91. The van der Waals surface area contributed by atoms with Gasteiger partial charge in [-0.1, -0.05) is 24.3 Å². The lowest BCUT2D eigenvalue weighted by molar-refractivity contribution is -0.115. The molecule has 0 saturated carbocycles. The Balaban J connectivity index is 1.76. The Morgan fingerprint density at radius 3 is 2.67 bits per heavy atom. The van der Waals surface area contributed by atoms with Crippen molar-refractivity contribution >= 4 is 22.9 Å². The van der Waals surface area contributed by atoms with Gasteiger partial charge in [-0.25, -0.2) is 4.98 Å². The van der Waals surface area contributed by atoms with Crippen molar-refractivity contribution in [3.8, 4) is 11.5 Å². The van der Waals surface area contributed by atoms with Crippen LogP contribution in [0.1, 0.15) is 16.3 Å². The van der Waals surface area contributed by atoms with E-state index in [0.717, 1.165) is 22.0 Å². The number of thiazole rings is 1. The highest BCUT2D eigenvalue weighted by atomic mass is 32.1. The van der Waals surface area contributed by atoms with Gasteiger partial charge in [-0.2, -0.15) is 0 Å². The predicted molar refractivity (Wildman–Crippen MR) is 96.9 cm³/mol. The third-order valence-corrected chi connectivity index (χ3v) is 4.21. The molecule has 0 aliphatic rings. The summed E-state index contributed by atoms with van der Waals surface area (Å²) in [4.78, 5) is 16.6. The molecular formula is C19H18N2O2S. The van der Waals surface area contributed by atoms with Crippen LogP contribution in [0.3, 0.4) is 0 Å². The second kappa shape index (κ2) is 7.27. The molecule has 1 aromatic heterocycles. The van der Waals surface area contributed by atoms with E-state index in [0.29, 0.717) is 11.4 Å². The summed E-state index contributed by atoms with van der Waals surface area (Å²) < 4.78 is 5.89. The Hall–Kier alpha value is -2.66. The maximum Gasteiger partial charge on any atom is 0.230 e. The first-order valence-corrected chi connectivity index (χ1v) is 8.52. The molecule has 5 heteroatoms. The molecule has 0 unspecified atom stereocenters. The van der Waals surface area contributed by atoms with Gasteiger partial charge in [-0.3, -0.25) is 4.79 Å². The van der Waals surface area contributed by atoms with E-state index < -0.39 is 0 Å². The van der Waals surface area contributed by atoms with E-state index in [1.165, 1.54) is 0 Å². The van der Waals surface area contributed by atoms with Crippen LogP contribution in [0.15, 0.2) is 53.9 Å². The van der Waals surface area contributed by atoms with Gasteiger partial charge in [0.1, 0.15) is 5.75 Å². The van der Waals surface area contributed by atoms with E-state index in [9.17, 15) is 4.79 Å². The van der Waals surface area contributed by atoms with Crippen LogP contribution < -0.4 is 10.1 Å². The number of aryl methyl sites for hydroxylation is 2. The minimum Gasteiger partial charge on any atom is -0.455 e. The summed E-state index contributed by atoms with van der Waals surface area (Å²) >= 11 is 1.54. The normalized spacial score (nSPS) is 10.4. The number of hydrogen-bond acceptors (Lipinski definition) is 4. The molecule has 0 fully saturated rings. The van der Waals surface area contributed by atoms with Crippen molar-refractivity contribution in [2.45, 2.75) is 20.3 Å². The number of hydrogen-bond donors (Lipinski definition) is 1. The predicted octanol–water partition coefficient (Wildman–Crippen LogP) is 4.73. The van der Waals surface area contributed by atoms with Crippen LogP contribution in [-0.4, -0.2) is 10.9 Å². The number of anilines is 1. The van der Waals surface area contributed by atoms with Crippen LogP contribution >= 0.6 is 11.3 Å². The van der Waals surface area contributed by atoms with Gasteiger partial charge in [0, 0.05) is 5.38 Å². The summed E-state index contributed by atoms with van der Waals surface area (Å²) in [6, 6.07) is 15.2. The van der Waals surface area contributed by atoms with Gasteiger partial charge in [-0.15, -0.1) is 11.3 Å². The highest BCUT2D eigenvalue weighted by Gasteiger charge is 2.11. The SMILES string of the molecule is Cc1ccc(Oc2ccccc2)c(NC(=O)Cc2csc(C)n2)c1. The smallest absolute Gasteiger partial charge is 0.230 e. The van der Waals surface area contributed by atoms with Crippen molar-refractivity contribution in [2.75, 3.05) is 5.32 Å². The second-order valence-corrected chi connectivity index (χ2v) is 6.56. The minimum atomic E-state index is -0.108. The topological polar surface area (TPSA) is 51.2 Å². The molecule has 3 rings (SSSR count). The van der Waals surface area contributed by atoms with Crippen LogP contribution in [0.5, 0.6) is 11.5 Å². The Kier molecular flexibility index (Phi) is 4.91. The first kappa shape index (κ1) is 16.2. The molecule has 0 saturated heterocycles. The first-order valence-electron chi connectivity index (χ1n) is 7.64. The lowest BCUT2D eigenvalue weighted by Gasteiger charge is -2.13. The van der Waals surface area contributed by atoms with Crippen molar-refractivity contribution < 1.29 is 9.53 Å². The molecule has 0 radical (unpaired) electrons. The summed E-state index contributed by atoms with van der Waals surface area (Å²) in [5, 5.41) is 5.80. The van der Waals surface area contributed by atoms with Crippen LogP contribution in [0.4, 0.5) is 5.69 Å². The van der Waals surface area contributed by atoms with Crippen molar-refractivity contribution in [1.29, 1.82) is 0 Å². The largest absolute Gasteiger partial charge is 0.455 e. The number of nitrogens with one attached hydrogen (secondary N) is 1. The molecule has 0 aliphatic carbocycles. The third-order valence-electron chi connectivity index (χ3n) is 3.39. The number of amides is 1. The number of aromatic nitrogens is 1. The number of nitrogens with zero attached hydrogens (tertiary/aromatic N) is 1. The zero-order chi connectivity index (χ0) is 16.9. The molecule has 0 aliphatic heterocycles. The maximum atomic E-state index is 12.3. The Morgan fingerprint density at radius 2 is 1.96 bits per heavy atom. The number of ether oxygens (including phenoxy) is 1. The summed E-state index contributed by atoms with van der Waals surface area (Å²) in [6.07, 6.45) is 0.253. The van der Waals surface area contributed by atoms with Gasteiger partial charge in [0.2, 0.25) is 5.91 Å². The van der Waals surface area contributed by atoms with Gasteiger partial charge in [0.05, 0.1) is 22.8 Å². The Labute approximate surface area is 145 Å². The monoisotopic (exact) mass is 338 g/mol. The third kappa shape index (κ3) is 4.20. The molecule has 3 aromatic rings. The number of benzene rings is 2. The number of carbonyl (C=O) groups is 1. The summed E-state index contributed by atoms with van der Waals surface area (Å²) in [7, 11) is 0. The van der Waals surface area contributed by atoms with Crippen LogP contribution in [0, 0.1) is 13.8 Å². The fourth-order valence-corrected chi connectivity index (χ4v) is 2.91. The number of rotatable bonds is 5. The van der Waals surface area contributed by atoms with Crippen LogP contribution in [0.25, 0.3) is 0 Å². The number of para-hydroxylation sites is 1. The molecule has 4 nitrogen and oxygen atoms in total. The minimum absolute atomic E-state index is 0.108. The van der Waals surface area contributed by atoms with E-state index in [-0.39, 0.29) is 12.3 Å². The zero-order valence-electron chi connectivity index (χ0n) is 13.6. The molecule has 1 heterocycles. The lowest BCUT2D eigenvalue weighted by atomic mass is 10.2. The van der Waals surface area contributed by atoms with Crippen LogP contribution in [0.2, 0.25) is 0 Å². The molecule has 0 atom stereocenters. The fraction of sp³-hybridized carbons (Fsp3) is 0.158. The van der Waals surface area contributed by atoms with Crippen molar-refractivity contribution in [3.63, 3.8) is 0 Å². The molecule has 0 bridgehead atoms. The molecule has 122 valence electrons. The Bertz CT molecular complexity index is 844. The Morgan fingerprint density at radius 1 is 1.17 bits per heavy atom. The van der Waals surface area contributed by atoms with E-state index >= 15 is 0 Å². The van der Waals surface area contributed by atoms with E-state index in [2.05, 4.69) is 10.3 Å². The van der Waals surface area contributed by atoms with E-state index in [4.69, 9.17) is 4.74 Å². The van der Waals surface area contributed by atoms with Gasteiger partial charge in [-0.05, 0) is 43.7 Å². The highest BCUT2D eigenvalue weighted by molar-refractivity contribution is 7.09. The summed E-state index contributed by atoms with van der Waals surface area (Å²) in [5.74, 6) is 1.24. The first-order chi connectivity index (χ1) is 11.6. The summed E-state index contributed by atoms with van der Waals surface area (Å²) in [5.41, 5.74) is 2.50. The molecule has 0 spiro atoms.